The zero-order chi connectivity index (χ0) is 25.7. The molecule has 0 saturated heterocycles. The molecule has 0 spiro atoms. The monoisotopic (exact) mass is 602 g/mol. The molecular formula is C32H28Br2O2. The lowest BCUT2D eigenvalue weighted by Gasteiger charge is -2.34. The number of carbonyl (C=O) groups excluding carboxylic acids is 2. The molecule has 4 heteroatoms. The Hall–Kier alpha value is -2.82. The standard InChI is InChI=1S/C32H28Br2O2/c1-21-13-17-25(18-14-21)31(35)29(33)27(23-9-5-3-6-10-23)28(24-11-7-4-8-12-24)30(34)32(36)26-19-15-22(2)16-20-26/h3-20,27-30H,1-2H3. The van der Waals surface area contributed by atoms with Crippen LogP contribution in [0.15, 0.2) is 109 Å². The summed E-state index contributed by atoms with van der Waals surface area (Å²) in [6, 6.07) is 35.3. The predicted molar refractivity (Wildman–Crippen MR) is 155 cm³/mol. The van der Waals surface area contributed by atoms with E-state index in [0.29, 0.717) is 11.1 Å². The Kier molecular flexibility index (Phi) is 8.71. The normalized spacial score (nSPS) is 14.4. The number of benzene rings is 4. The van der Waals surface area contributed by atoms with Gasteiger partial charge in [-0.25, -0.2) is 0 Å². The number of hydrogen-bond donors (Lipinski definition) is 0. The molecule has 0 radical (unpaired) electrons. The molecule has 4 aromatic rings. The predicted octanol–water partition coefficient (Wildman–Crippen LogP) is 8.46. The van der Waals surface area contributed by atoms with Crippen molar-refractivity contribution < 1.29 is 9.59 Å². The highest BCUT2D eigenvalue weighted by Gasteiger charge is 2.41. The molecule has 4 unspecified atom stereocenters. The van der Waals surface area contributed by atoms with Crippen LogP contribution in [-0.2, 0) is 0 Å². The fourth-order valence-corrected chi connectivity index (χ4v) is 6.34. The average molecular weight is 604 g/mol. The van der Waals surface area contributed by atoms with Gasteiger partial charge in [0.15, 0.2) is 11.6 Å². The van der Waals surface area contributed by atoms with Crippen molar-refractivity contribution in [2.75, 3.05) is 0 Å². The van der Waals surface area contributed by atoms with Crippen molar-refractivity contribution in [3.8, 4) is 0 Å². The second kappa shape index (κ2) is 11.9. The highest BCUT2D eigenvalue weighted by atomic mass is 79.9. The van der Waals surface area contributed by atoms with Crippen molar-refractivity contribution in [3.05, 3.63) is 143 Å². The molecule has 4 atom stereocenters. The quantitative estimate of drug-likeness (QED) is 0.142. The van der Waals surface area contributed by atoms with E-state index < -0.39 is 9.65 Å². The second-order valence-electron chi connectivity index (χ2n) is 9.14. The van der Waals surface area contributed by atoms with E-state index in [4.69, 9.17) is 0 Å². The first-order chi connectivity index (χ1) is 17.4. The van der Waals surface area contributed by atoms with Gasteiger partial charge in [-0.15, -0.1) is 0 Å². The Morgan fingerprint density at radius 1 is 0.500 bits per heavy atom. The minimum absolute atomic E-state index is 0.00716. The van der Waals surface area contributed by atoms with Gasteiger partial charge in [-0.2, -0.15) is 0 Å². The number of Topliss-reactive ketones (excluding diaryl/α,β-unsaturated/α-hetero) is 2. The van der Waals surface area contributed by atoms with Crippen LogP contribution in [0.5, 0.6) is 0 Å². The Labute approximate surface area is 230 Å². The van der Waals surface area contributed by atoms with Crippen LogP contribution in [0.25, 0.3) is 0 Å². The number of ketones is 2. The van der Waals surface area contributed by atoms with Crippen molar-refractivity contribution in [1.29, 1.82) is 0 Å². The summed E-state index contributed by atoms with van der Waals surface area (Å²) in [5.74, 6) is -0.623. The highest BCUT2D eigenvalue weighted by molar-refractivity contribution is 9.10. The molecule has 0 aliphatic heterocycles. The van der Waals surface area contributed by atoms with E-state index in [2.05, 4.69) is 31.9 Å². The van der Waals surface area contributed by atoms with E-state index in [1.807, 2.05) is 123 Å². The van der Waals surface area contributed by atoms with E-state index in [9.17, 15) is 9.59 Å². The van der Waals surface area contributed by atoms with Gasteiger partial charge in [0.1, 0.15) is 0 Å². The van der Waals surface area contributed by atoms with Crippen molar-refractivity contribution >= 4 is 43.4 Å². The first-order valence-corrected chi connectivity index (χ1v) is 13.8. The maximum Gasteiger partial charge on any atom is 0.177 e. The van der Waals surface area contributed by atoms with Crippen molar-refractivity contribution in [3.63, 3.8) is 0 Å². The first-order valence-electron chi connectivity index (χ1n) is 12.0. The van der Waals surface area contributed by atoms with Gasteiger partial charge in [-0.1, -0.05) is 152 Å². The molecule has 0 N–H and O–H groups in total. The highest BCUT2D eigenvalue weighted by Crippen LogP contribution is 2.45. The van der Waals surface area contributed by atoms with Gasteiger partial charge in [0.05, 0.1) is 9.65 Å². The molecule has 0 aromatic heterocycles. The zero-order valence-electron chi connectivity index (χ0n) is 20.3. The lowest BCUT2D eigenvalue weighted by Crippen LogP contribution is -2.35. The van der Waals surface area contributed by atoms with Crippen molar-refractivity contribution in [1.82, 2.24) is 0 Å². The topological polar surface area (TPSA) is 34.1 Å². The number of aryl methyl sites for hydroxylation is 2. The number of halogens is 2. The van der Waals surface area contributed by atoms with Crippen LogP contribution in [0.2, 0.25) is 0 Å². The molecule has 0 heterocycles. The summed E-state index contributed by atoms with van der Waals surface area (Å²) in [6.45, 7) is 4.01. The van der Waals surface area contributed by atoms with Crippen LogP contribution in [0.1, 0.15) is 54.8 Å². The molecule has 4 aromatic carbocycles. The molecule has 36 heavy (non-hydrogen) atoms. The summed E-state index contributed by atoms with van der Waals surface area (Å²) in [6.07, 6.45) is 0. The van der Waals surface area contributed by atoms with Crippen LogP contribution < -0.4 is 0 Å². The summed E-state index contributed by atoms with van der Waals surface area (Å²) in [5, 5.41) is 0. The maximum absolute atomic E-state index is 13.8. The lowest BCUT2D eigenvalue weighted by atomic mass is 9.75. The molecule has 0 saturated carbocycles. The van der Waals surface area contributed by atoms with Crippen molar-refractivity contribution in [2.24, 2.45) is 0 Å². The Morgan fingerprint density at radius 3 is 1.11 bits per heavy atom. The van der Waals surface area contributed by atoms with E-state index in [-0.39, 0.29) is 23.4 Å². The number of carbonyl (C=O) groups is 2. The molecular weight excluding hydrogens is 576 g/mol. The summed E-state index contributed by atoms with van der Waals surface area (Å²) >= 11 is 7.60. The zero-order valence-corrected chi connectivity index (χ0v) is 23.4. The Balaban J connectivity index is 1.82. The van der Waals surface area contributed by atoms with Gasteiger partial charge in [-0.3, -0.25) is 9.59 Å². The fourth-order valence-electron chi connectivity index (χ4n) is 4.55. The van der Waals surface area contributed by atoms with Crippen LogP contribution in [0.3, 0.4) is 0 Å². The number of hydrogen-bond acceptors (Lipinski definition) is 2. The molecule has 0 aliphatic carbocycles. The third kappa shape index (κ3) is 5.93. The summed E-state index contributed by atoms with van der Waals surface area (Å²) in [5.41, 5.74) is 5.48. The third-order valence-corrected chi connectivity index (χ3v) is 8.53. The van der Waals surface area contributed by atoms with Gasteiger partial charge in [0, 0.05) is 23.0 Å². The smallest absolute Gasteiger partial charge is 0.177 e. The van der Waals surface area contributed by atoms with Crippen LogP contribution >= 0.6 is 31.9 Å². The SMILES string of the molecule is Cc1ccc(C(=O)C(Br)C(c2ccccc2)C(c2ccccc2)C(Br)C(=O)c2ccc(C)cc2)cc1. The van der Waals surface area contributed by atoms with Gasteiger partial charge in [-0.05, 0) is 25.0 Å². The molecule has 2 nitrogen and oxygen atoms in total. The number of alkyl halides is 2. The van der Waals surface area contributed by atoms with Gasteiger partial charge < -0.3 is 0 Å². The maximum atomic E-state index is 13.8. The third-order valence-electron chi connectivity index (χ3n) is 6.56. The fraction of sp³-hybridized carbons (Fsp3) is 0.188. The van der Waals surface area contributed by atoms with E-state index >= 15 is 0 Å². The average Bonchev–Trinajstić information content (AvgIpc) is 2.92. The van der Waals surface area contributed by atoms with Gasteiger partial charge >= 0.3 is 0 Å². The molecule has 0 fully saturated rings. The summed E-state index contributed by atoms with van der Waals surface area (Å²) in [7, 11) is 0. The van der Waals surface area contributed by atoms with Crippen LogP contribution in [0.4, 0.5) is 0 Å². The first kappa shape index (κ1) is 26.2. The Morgan fingerprint density at radius 2 is 0.806 bits per heavy atom. The largest absolute Gasteiger partial charge is 0.293 e. The minimum Gasteiger partial charge on any atom is -0.293 e. The summed E-state index contributed by atoms with van der Waals surface area (Å²) in [4.78, 5) is 26.4. The van der Waals surface area contributed by atoms with Crippen LogP contribution in [-0.4, -0.2) is 21.2 Å². The van der Waals surface area contributed by atoms with E-state index in [1.54, 1.807) is 0 Å². The molecule has 182 valence electrons. The van der Waals surface area contributed by atoms with Gasteiger partial charge in [0.25, 0.3) is 0 Å². The molecule has 4 rings (SSSR count). The minimum atomic E-state index is -0.543. The summed E-state index contributed by atoms with van der Waals surface area (Å²) < 4.78 is 0. The van der Waals surface area contributed by atoms with E-state index in [0.717, 1.165) is 22.3 Å². The molecule has 0 amide bonds. The Bertz CT molecular complexity index is 1200. The molecule has 0 bridgehead atoms. The van der Waals surface area contributed by atoms with Crippen LogP contribution in [0, 0.1) is 13.8 Å². The van der Waals surface area contributed by atoms with Gasteiger partial charge in [0.2, 0.25) is 0 Å². The van der Waals surface area contributed by atoms with Crippen molar-refractivity contribution in [2.45, 2.75) is 35.3 Å². The number of rotatable bonds is 9. The molecule has 0 aliphatic rings. The van der Waals surface area contributed by atoms with E-state index in [1.165, 1.54) is 0 Å². The lowest BCUT2D eigenvalue weighted by molar-refractivity contribution is 0.0950. The second-order valence-corrected chi connectivity index (χ2v) is 11.1.